The number of aliphatic carboxylic acids is 1. The first-order valence-electron chi connectivity index (χ1n) is 3.91. The normalized spacial score (nSPS) is 12.8. The van der Waals surface area contributed by atoms with Crippen molar-refractivity contribution >= 4 is 5.97 Å². The number of aryl methyl sites for hydroxylation is 1. The molecule has 0 radical (unpaired) electrons. The van der Waals surface area contributed by atoms with E-state index in [4.69, 9.17) is 5.11 Å². The van der Waals surface area contributed by atoms with Crippen LogP contribution in [-0.2, 0) is 18.4 Å². The van der Waals surface area contributed by atoms with Gasteiger partial charge in [0, 0.05) is 13.6 Å². The van der Waals surface area contributed by atoms with Gasteiger partial charge in [0.05, 0.1) is 11.9 Å². The van der Waals surface area contributed by atoms with Crippen LogP contribution >= 0.6 is 0 Å². The molecule has 0 fully saturated rings. The Kier molecular flexibility index (Phi) is 2.97. The van der Waals surface area contributed by atoms with E-state index in [2.05, 4.69) is 15.6 Å². The molecule has 2 N–H and O–H groups in total. The van der Waals surface area contributed by atoms with Gasteiger partial charge < -0.3 is 5.11 Å². The molecule has 0 saturated heterocycles. The summed E-state index contributed by atoms with van der Waals surface area (Å²) in [6, 6.07) is -0.560. The molecule has 0 amide bonds. The fraction of sp³-hybridized carbons (Fsp3) is 0.571. The van der Waals surface area contributed by atoms with E-state index in [-0.39, 0.29) is 0 Å². The average molecular weight is 184 g/mol. The molecule has 6 nitrogen and oxygen atoms in total. The van der Waals surface area contributed by atoms with E-state index in [0.717, 1.165) is 5.69 Å². The Balaban J connectivity index is 2.44. The van der Waals surface area contributed by atoms with Gasteiger partial charge in [0.2, 0.25) is 0 Å². The molecular formula is C7H12N4O2. The van der Waals surface area contributed by atoms with E-state index in [1.807, 2.05) is 0 Å². The van der Waals surface area contributed by atoms with Crippen LogP contribution in [0.3, 0.4) is 0 Å². The Morgan fingerprint density at radius 1 is 1.85 bits per heavy atom. The van der Waals surface area contributed by atoms with Gasteiger partial charge in [-0.15, -0.1) is 5.10 Å². The van der Waals surface area contributed by atoms with Crippen molar-refractivity contribution in [2.75, 3.05) is 0 Å². The molecule has 0 aliphatic carbocycles. The fourth-order valence-electron chi connectivity index (χ4n) is 0.816. The van der Waals surface area contributed by atoms with Crippen molar-refractivity contribution in [1.29, 1.82) is 0 Å². The molecule has 72 valence electrons. The van der Waals surface area contributed by atoms with Crippen molar-refractivity contribution in [3.05, 3.63) is 11.9 Å². The topological polar surface area (TPSA) is 80.0 Å². The van der Waals surface area contributed by atoms with Crippen molar-refractivity contribution in [3.8, 4) is 0 Å². The van der Waals surface area contributed by atoms with E-state index in [0.29, 0.717) is 6.54 Å². The number of nitrogens with one attached hydrogen (secondary N) is 1. The summed E-state index contributed by atoms with van der Waals surface area (Å²) in [7, 11) is 1.76. The molecular weight excluding hydrogens is 172 g/mol. The summed E-state index contributed by atoms with van der Waals surface area (Å²) in [5.74, 6) is -0.866. The van der Waals surface area contributed by atoms with E-state index in [9.17, 15) is 4.79 Å². The lowest BCUT2D eigenvalue weighted by molar-refractivity contribution is -0.139. The van der Waals surface area contributed by atoms with Crippen LogP contribution in [0.4, 0.5) is 0 Å². The lowest BCUT2D eigenvalue weighted by atomic mass is 10.3. The summed E-state index contributed by atoms with van der Waals surface area (Å²) in [5.41, 5.74) is 0.855. The minimum atomic E-state index is -0.866. The first-order valence-corrected chi connectivity index (χ1v) is 3.91. The van der Waals surface area contributed by atoms with E-state index in [1.165, 1.54) is 0 Å². The first kappa shape index (κ1) is 9.66. The summed E-state index contributed by atoms with van der Waals surface area (Å²) in [6.45, 7) is 2.04. The number of carbonyl (C=O) groups is 1. The van der Waals surface area contributed by atoms with Gasteiger partial charge >= 0.3 is 5.97 Å². The molecule has 1 aromatic heterocycles. The van der Waals surface area contributed by atoms with Crippen LogP contribution in [-0.4, -0.2) is 32.1 Å². The van der Waals surface area contributed by atoms with Gasteiger partial charge in [-0.1, -0.05) is 5.21 Å². The summed E-state index contributed by atoms with van der Waals surface area (Å²) in [6.07, 6.45) is 1.60. The number of hydrogen-bond acceptors (Lipinski definition) is 4. The van der Waals surface area contributed by atoms with Crippen LogP contribution in [0, 0.1) is 0 Å². The molecule has 1 rings (SSSR count). The molecule has 1 unspecified atom stereocenters. The zero-order chi connectivity index (χ0) is 9.84. The second-order valence-electron chi connectivity index (χ2n) is 2.79. The van der Waals surface area contributed by atoms with Crippen molar-refractivity contribution in [2.24, 2.45) is 7.05 Å². The van der Waals surface area contributed by atoms with Crippen molar-refractivity contribution in [2.45, 2.75) is 19.5 Å². The second-order valence-corrected chi connectivity index (χ2v) is 2.79. The molecule has 1 aromatic rings. The molecule has 0 aliphatic heterocycles. The standard InChI is InChI=1S/C7H12N4O2/c1-5(7(12)13)8-3-6-4-9-10-11(6)2/h4-5,8H,3H2,1-2H3,(H,12,13). The lowest BCUT2D eigenvalue weighted by Crippen LogP contribution is -2.33. The fourth-order valence-corrected chi connectivity index (χ4v) is 0.816. The zero-order valence-electron chi connectivity index (χ0n) is 7.56. The maximum Gasteiger partial charge on any atom is 0.320 e. The second kappa shape index (κ2) is 3.99. The number of carboxylic acids is 1. The van der Waals surface area contributed by atoms with Gasteiger partial charge in [0.25, 0.3) is 0 Å². The predicted octanol–water partition coefficient (Wildman–Crippen LogP) is -0.622. The van der Waals surface area contributed by atoms with Crippen LogP contribution in [0.2, 0.25) is 0 Å². The van der Waals surface area contributed by atoms with Gasteiger partial charge in [-0.2, -0.15) is 0 Å². The Bertz CT molecular complexity index is 296. The summed E-state index contributed by atoms with van der Waals surface area (Å²) in [4.78, 5) is 10.4. The average Bonchev–Trinajstić information content (AvgIpc) is 2.47. The van der Waals surface area contributed by atoms with Gasteiger partial charge in [0.1, 0.15) is 6.04 Å². The third-order valence-electron chi connectivity index (χ3n) is 1.77. The number of nitrogens with zero attached hydrogens (tertiary/aromatic N) is 3. The Hall–Kier alpha value is -1.43. The van der Waals surface area contributed by atoms with Crippen LogP contribution < -0.4 is 5.32 Å². The largest absolute Gasteiger partial charge is 0.480 e. The summed E-state index contributed by atoms with van der Waals surface area (Å²) < 4.78 is 1.60. The van der Waals surface area contributed by atoms with Crippen molar-refractivity contribution in [1.82, 2.24) is 20.3 Å². The molecule has 0 aliphatic rings. The van der Waals surface area contributed by atoms with Crippen LogP contribution in [0.25, 0.3) is 0 Å². The SMILES string of the molecule is CC(NCc1cnnn1C)C(=O)O. The van der Waals surface area contributed by atoms with Gasteiger partial charge in [-0.25, -0.2) is 0 Å². The summed E-state index contributed by atoms with van der Waals surface area (Å²) in [5, 5.41) is 18.8. The highest BCUT2D eigenvalue weighted by atomic mass is 16.4. The third kappa shape index (κ3) is 2.51. The summed E-state index contributed by atoms with van der Waals surface area (Å²) >= 11 is 0. The first-order chi connectivity index (χ1) is 6.11. The molecule has 0 bridgehead atoms. The minimum absolute atomic E-state index is 0.455. The number of carboxylic acid groups (broad SMARTS) is 1. The highest BCUT2D eigenvalue weighted by molar-refractivity contribution is 5.72. The Labute approximate surface area is 75.6 Å². The van der Waals surface area contributed by atoms with Crippen LogP contribution in [0.5, 0.6) is 0 Å². The van der Waals surface area contributed by atoms with Crippen LogP contribution in [0.15, 0.2) is 6.20 Å². The van der Waals surface area contributed by atoms with E-state index < -0.39 is 12.0 Å². The van der Waals surface area contributed by atoms with Crippen LogP contribution in [0.1, 0.15) is 12.6 Å². The van der Waals surface area contributed by atoms with Gasteiger partial charge in [-0.3, -0.25) is 14.8 Å². The predicted molar refractivity (Wildman–Crippen MR) is 44.9 cm³/mol. The number of rotatable bonds is 4. The highest BCUT2D eigenvalue weighted by Crippen LogP contribution is 1.93. The molecule has 1 atom stereocenters. The maximum atomic E-state index is 10.4. The number of aromatic nitrogens is 3. The van der Waals surface area contributed by atoms with Gasteiger partial charge in [0.15, 0.2) is 0 Å². The lowest BCUT2D eigenvalue weighted by Gasteiger charge is -2.07. The van der Waals surface area contributed by atoms with E-state index in [1.54, 1.807) is 24.9 Å². The molecule has 0 aromatic carbocycles. The van der Waals surface area contributed by atoms with Gasteiger partial charge in [-0.05, 0) is 6.92 Å². The number of hydrogen-bond donors (Lipinski definition) is 2. The smallest absolute Gasteiger partial charge is 0.320 e. The molecule has 0 saturated carbocycles. The molecule has 13 heavy (non-hydrogen) atoms. The quantitative estimate of drug-likeness (QED) is 0.651. The molecule has 1 heterocycles. The zero-order valence-corrected chi connectivity index (χ0v) is 7.56. The minimum Gasteiger partial charge on any atom is -0.480 e. The monoisotopic (exact) mass is 184 g/mol. The Morgan fingerprint density at radius 3 is 3.00 bits per heavy atom. The van der Waals surface area contributed by atoms with Crippen molar-refractivity contribution in [3.63, 3.8) is 0 Å². The molecule has 6 heteroatoms. The molecule has 0 spiro atoms. The third-order valence-corrected chi connectivity index (χ3v) is 1.77. The van der Waals surface area contributed by atoms with E-state index >= 15 is 0 Å². The maximum absolute atomic E-state index is 10.4. The Morgan fingerprint density at radius 2 is 2.54 bits per heavy atom. The van der Waals surface area contributed by atoms with Crippen molar-refractivity contribution < 1.29 is 9.90 Å². The highest BCUT2D eigenvalue weighted by Gasteiger charge is 2.10.